The molecule has 1 atom stereocenters. The molecule has 0 bridgehead atoms. The van der Waals surface area contributed by atoms with Crippen molar-refractivity contribution in [3.63, 3.8) is 0 Å². The summed E-state index contributed by atoms with van der Waals surface area (Å²) < 4.78 is 29.0. The fraction of sp³-hybridized carbons (Fsp3) is 0.238. The molecule has 0 saturated heterocycles. The van der Waals surface area contributed by atoms with Gasteiger partial charge in [0.15, 0.2) is 11.6 Å². The Morgan fingerprint density at radius 1 is 1.14 bits per heavy atom. The molecule has 5 nitrogen and oxygen atoms in total. The summed E-state index contributed by atoms with van der Waals surface area (Å²) >= 11 is 0. The van der Waals surface area contributed by atoms with Gasteiger partial charge in [-0.05, 0) is 37.0 Å². The lowest BCUT2D eigenvalue weighted by atomic mass is 9.93. The van der Waals surface area contributed by atoms with Crippen LogP contribution in [0.2, 0.25) is 0 Å². The Morgan fingerprint density at radius 2 is 1.96 bits per heavy atom. The van der Waals surface area contributed by atoms with Crippen molar-refractivity contribution in [1.29, 1.82) is 0 Å². The summed E-state index contributed by atoms with van der Waals surface area (Å²) in [6, 6.07) is 12.9. The average Bonchev–Trinajstić information content (AvgIpc) is 3.10. The van der Waals surface area contributed by atoms with Crippen LogP contribution in [-0.4, -0.2) is 15.8 Å². The fourth-order valence-electron chi connectivity index (χ4n) is 3.58. The Bertz CT molecular complexity index is 987. The number of nitrogens with one attached hydrogen (secondary N) is 2. The summed E-state index contributed by atoms with van der Waals surface area (Å²) in [6.45, 7) is 0.670. The smallest absolute Gasteiger partial charge is 0.319 e. The molecule has 0 radical (unpaired) electrons. The van der Waals surface area contributed by atoms with Crippen LogP contribution in [0.25, 0.3) is 0 Å². The molecule has 0 fully saturated rings. The maximum absolute atomic E-state index is 13.8. The van der Waals surface area contributed by atoms with Crippen LogP contribution >= 0.6 is 0 Å². The highest BCUT2D eigenvalue weighted by Gasteiger charge is 2.26. The second-order valence-electron chi connectivity index (χ2n) is 6.83. The third-order valence-corrected chi connectivity index (χ3v) is 4.94. The van der Waals surface area contributed by atoms with Crippen LogP contribution < -0.4 is 10.6 Å². The van der Waals surface area contributed by atoms with Crippen molar-refractivity contribution in [3.8, 4) is 0 Å². The molecule has 0 saturated carbocycles. The van der Waals surface area contributed by atoms with Crippen molar-refractivity contribution in [2.45, 2.75) is 31.8 Å². The van der Waals surface area contributed by atoms with Gasteiger partial charge in [0.05, 0.1) is 24.5 Å². The molecular formula is C21H20F2N4O. The zero-order valence-corrected chi connectivity index (χ0v) is 15.2. The Labute approximate surface area is 161 Å². The van der Waals surface area contributed by atoms with Crippen molar-refractivity contribution in [1.82, 2.24) is 15.1 Å². The van der Waals surface area contributed by atoms with Gasteiger partial charge in [-0.3, -0.25) is 4.68 Å². The molecule has 1 aliphatic carbocycles. The Hall–Kier alpha value is -3.22. The first-order valence-corrected chi connectivity index (χ1v) is 9.22. The maximum Gasteiger partial charge on any atom is 0.319 e. The van der Waals surface area contributed by atoms with Crippen LogP contribution in [0, 0.1) is 11.6 Å². The lowest BCUT2D eigenvalue weighted by Gasteiger charge is -2.24. The highest BCUT2D eigenvalue weighted by molar-refractivity contribution is 5.89. The molecule has 2 aromatic carbocycles. The van der Waals surface area contributed by atoms with Gasteiger partial charge in [-0.1, -0.05) is 36.4 Å². The SMILES string of the molecule is O=C(Nc1cccc(F)c1F)NC1CCCc2c1cnn2Cc1ccccc1. The van der Waals surface area contributed by atoms with E-state index in [0.717, 1.165) is 42.1 Å². The summed E-state index contributed by atoms with van der Waals surface area (Å²) in [7, 11) is 0. The minimum Gasteiger partial charge on any atom is -0.331 e. The van der Waals surface area contributed by atoms with Crippen LogP contribution in [0.15, 0.2) is 54.7 Å². The molecule has 28 heavy (non-hydrogen) atoms. The number of carbonyl (C=O) groups is 1. The van der Waals surface area contributed by atoms with Crippen LogP contribution in [0.4, 0.5) is 19.3 Å². The largest absolute Gasteiger partial charge is 0.331 e. The lowest BCUT2D eigenvalue weighted by Crippen LogP contribution is -2.34. The summed E-state index contributed by atoms with van der Waals surface area (Å²) in [5.41, 5.74) is 3.03. The third-order valence-electron chi connectivity index (χ3n) is 4.94. The van der Waals surface area contributed by atoms with E-state index in [4.69, 9.17) is 0 Å². The predicted molar refractivity (Wildman–Crippen MR) is 102 cm³/mol. The van der Waals surface area contributed by atoms with Gasteiger partial charge in [-0.15, -0.1) is 0 Å². The highest BCUT2D eigenvalue weighted by Crippen LogP contribution is 2.30. The van der Waals surface area contributed by atoms with Crippen molar-refractivity contribution in [2.24, 2.45) is 0 Å². The van der Waals surface area contributed by atoms with Gasteiger partial charge in [0.1, 0.15) is 0 Å². The molecular weight excluding hydrogens is 362 g/mol. The molecule has 0 spiro atoms. The molecule has 0 aliphatic heterocycles. The third kappa shape index (κ3) is 3.74. The van der Waals surface area contributed by atoms with Gasteiger partial charge in [0.25, 0.3) is 0 Å². The standard InChI is InChI=1S/C21H20F2N4O/c22-16-8-4-10-18(20(16)23)26-21(28)25-17-9-5-11-19-15(17)12-24-27(19)13-14-6-2-1-3-7-14/h1-4,6-8,10,12,17H,5,9,11,13H2,(H2,25,26,28). The second kappa shape index (κ2) is 7.80. The Morgan fingerprint density at radius 3 is 2.79 bits per heavy atom. The predicted octanol–water partition coefficient (Wildman–Crippen LogP) is 4.41. The maximum atomic E-state index is 13.8. The first kappa shape index (κ1) is 18.2. The normalized spacial score (nSPS) is 15.7. The van der Waals surface area contributed by atoms with E-state index in [9.17, 15) is 13.6 Å². The molecule has 4 rings (SSSR count). The van der Waals surface area contributed by atoms with Crippen LogP contribution in [0.3, 0.4) is 0 Å². The number of anilines is 1. The van der Waals surface area contributed by atoms with E-state index >= 15 is 0 Å². The number of hydrogen-bond acceptors (Lipinski definition) is 2. The Balaban J connectivity index is 1.47. The van der Waals surface area contributed by atoms with Crippen molar-refractivity contribution in [3.05, 3.63) is 83.2 Å². The monoisotopic (exact) mass is 382 g/mol. The molecule has 1 heterocycles. The highest BCUT2D eigenvalue weighted by atomic mass is 19.2. The average molecular weight is 382 g/mol. The zero-order chi connectivity index (χ0) is 19.5. The van der Waals surface area contributed by atoms with Gasteiger partial charge >= 0.3 is 6.03 Å². The number of halogens is 2. The minimum atomic E-state index is -1.07. The summed E-state index contributed by atoms with van der Waals surface area (Å²) in [5.74, 6) is -2.07. The Kier molecular flexibility index (Phi) is 5.06. The number of fused-ring (bicyclic) bond motifs is 1. The summed E-state index contributed by atoms with van der Waals surface area (Å²) in [4.78, 5) is 12.3. The van der Waals surface area contributed by atoms with Crippen LogP contribution in [0.1, 0.15) is 35.7 Å². The van der Waals surface area contributed by atoms with E-state index in [2.05, 4.69) is 15.7 Å². The topological polar surface area (TPSA) is 59.0 Å². The van der Waals surface area contributed by atoms with E-state index in [0.29, 0.717) is 6.54 Å². The molecule has 1 aliphatic rings. The van der Waals surface area contributed by atoms with Gasteiger partial charge < -0.3 is 10.6 Å². The molecule has 3 aromatic rings. The quantitative estimate of drug-likeness (QED) is 0.702. The van der Waals surface area contributed by atoms with Crippen molar-refractivity contribution < 1.29 is 13.6 Å². The van der Waals surface area contributed by atoms with Crippen LogP contribution in [0.5, 0.6) is 0 Å². The number of rotatable bonds is 4. The number of amides is 2. The van der Waals surface area contributed by atoms with E-state index in [1.807, 2.05) is 35.0 Å². The lowest BCUT2D eigenvalue weighted by molar-refractivity contribution is 0.247. The van der Waals surface area contributed by atoms with Gasteiger partial charge in [-0.25, -0.2) is 13.6 Å². The van der Waals surface area contributed by atoms with E-state index in [1.165, 1.54) is 12.1 Å². The first-order chi connectivity index (χ1) is 13.6. The van der Waals surface area contributed by atoms with E-state index in [1.54, 1.807) is 6.20 Å². The van der Waals surface area contributed by atoms with Crippen molar-refractivity contribution in [2.75, 3.05) is 5.32 Å². The molecule has 1 unspecified atom stereocenters. The van der Waals surface area contributed by atoms with Crippen LogP contribution in [-0.2, 0) is 13.0 Å². The molecule has 2 amide bonds. The summed E-state index contributed by atoms with van der Waals surface area (Å²) in [5, 5.41) is 9.73. The number of urea groups is 1. The first-order valence-electron chi connectivity index (χ1n) is 9.22. The van der Waals surface area contributed by atoms with Gasteiger partial charge in [0, 0.05) is 11.3 Å². The molecule has 7 heteroatoms. The molecule has 1 aromatic heterocycles. The summed E-state index contributed by atoms with van der Waals surface area (Å²) in [6.07, 6.45) is 4.35. The fourth-order valence-corrected chi connectivity index (χ4v) is 3.58. The van der Waals surface area contributed by atoms with Gasteiger partial charge in [0.2, 0.25) is 0 Å². The number of hydrogen-bond donors (Lipinski definition) is 2. The van der Waals surface area contributed by atoms with E-state index in [-0.39, 0.29) is 11.7 Å². The van der Waals surface area contributed by atoms with Crippen molar-refractivity contribution >= 4 is 11.7 Å². The van der Waals surface area contributed by atoms with Gasteiger partial charge in [-0.2, -0.15) is 5.10 Å². The molecule has 2 N–H and O–H groups in total. The second-order valence-corrected chi connectivity index (χ2v) is 6.83. The number of aromatic nitrogens is 2. The molecule has 144 valence electrons. The van der Waals surface area contributed by atoms with E-state index < -0.39 is 17.7 Å². The number of carbonyl (C=O) groups excluding carboxylic acids is 1. The zero-order valence-electron chi connectivity index (χ0n) is 15.2. The number of benzene rings is 2. The number of nitrogens with zero attached hydrogens (tertiary/aromatic N) is 2. The minimum absolute atomic E-state index is 0.187.